The van der Waals surface area contributed by atoms with Gasteiger partial charge in [0.2, 0.25) is 0 Å². The summed E-state index contributed by atoms with van der Waals surface area (Å²) in [6.45, 7) is 9.12. The second kappa shape index (κ2) is 11.5. The van der Waals surface area contributed by atoms with Crippen molar-refractivity contribution in [1.82, 2.24) is 15.0 Å². The lowest BCUT2D eigenvalue weighted by Crippen LogP contribution is -2.38. The third-order valence-corrected chi connectivity index (χ3v) is 9.24. The standard InChI is InChI=1S/C29H38FN3O3S2/c1-28(2,3)33-38(36)23-15-14-20(19-12-9-13-21(30)24(19)23)25-22(16-18-10-7-6-8-11-18)32-27(37-25)26(34)31-17-29(4,5)35/h9,12-15,18,33,35H,6-8,10-11,16-17H2,1-5H3,(H,31,34). The van der Waals surface area contributed by atoms with Crippen LogP contribution >= 0.6 is 11.3 Å². The Hall–Kier alpha value is -2.20. The normalized spacial score (nSPS) is 16.1. The average molecular weight is 560 g/mol. The molecule has 1 amide bonds. The molecule has 1 fully saturated rings. The van der Waals surface area contributed by atoms with Crippen LogP contribution in [0, 0.1) is 11.7 Å². The van der Waals surface area contributed by atoms with Crippen LogP contribution in [0.3, 0.4) is 0 Å². The van der Waals surface area contributed by atoms with Crippen molar-refractivity contribution in [3.05, 3.63) is 46.9 Å². The summed E-state index contributed by atoms with van der Waals surface area (Å²) in [5.74, 6) is -0.289. The van der Waals surface area contributed by atoms with Crippen molar-refractivity contribution in [2.45, 2.75) is 89.2 Å². The first-order valence-electron chi connectivity index (χ1n) is 13.2. The third kappa shape index (κ3) is 7.05. The van der Waals surface area contributed by atoms with Gasteiger partial charge >= 0.3 is 0 Å². The topological polar surface area (TPSA) is 91.3 Å². The van der Waals surface area contributed by atoms with E-state index in [1.165, 1.54) is 36.7 Å². The van der Waals surface area contributed by atoms with Crippen molar-refractivity contribution in [1.29, 1.82) is 0 Å². The van der Waals surface area contributed by atoms with Gasteiger partial charge in [0.15, 0.2) is 5.01 Å². The minimum absolute atomic E-state index is 0.105. The van der Waals surface area contributed by atoms with Gasteiger partial charge < -0.3 is 10.4 Å². The summed E-state index contributed by atoms with van der Waals surface area (Å²) in [5.41, 5.74) is 0.154. The summed E-state index contributed by atoms with van der Waals surface area (Å²) in [7, 11) is -1.62. The van der Waals surface area contributed by atoms with Gasteiger partial charge in [-0.1, -0.05) is 50.3 Å². The highest BCUT2D eigenvalue weighted by Crippen LogP contribution is 2.40. The maximum absolute atomic E-state index is 15.3. The first kappa shape index (κ1) is 28.8. The van der Waals surface area contributed by atoms with Crippen LogP contribution in [0.15, 0.2) is 35.2 Å². The molecule has 4 rings (SSSR count). The average Bonchev–Trinajstić information content (AvgIpc) is 3.24. The van der Waals surface area contributed by atoms with Crippen molar-refractivity contribution in [2.75, 3.05) is 6.54 Å². The van der Waals surface area contributed by atoms with Gasteiger partial charge in [-0.3, -0.25) is 4.79 Å². The fraction of sp³-hybridized carbons (Fsp3) is 0.517. The van der Waals surface area contributed by atoms with Crippen molar-refractivity contribution >= 4 is 39.0 Å². The van der Waals surface area contributed by atoms with Gasteiger partial charge in [0.25, 0.3) is 5.91 Å². The van der Waals surface area contributed by atoms with E-state index in [1.807, 2.05) is 32.9 Å². The van der Waals surface area contributed by atoms with Crippen molar-refractivity contribution in [2.24, 2.45) is 5.92 Å². The van der Waals surface area contributed by atoms with Crippen LogP contribution in [0.5, 0.6) is 0 Å². The van der Waals surface area contributed by atoms with Gasteiger partial charge in [-0.15, -0.1) is 11.3 Å². The Morgan fingerprint density at radius 2 is 1.84 bits per heavy atom. The van der Waals surface area contributed by atoms with Gasteiger partial charge in [-0.2, -0.15) is 0 Å². The molecule has 0 spiro atoms. The van der Waals surface area contributed by atoms with Gasteiger partial charge in [-0.05, 0) is 64.5 Å². The van der Waals surface area contributed by atoms with Crippen LogP contribution in [-0.4, -0.2) is 37.9 Å². The molecule has 0 saturated heterocycles. The number of rotatable bonds is 8. The number of aromatic nitrogens is 1. The molecule has 1 saturated carbocycles. The SMILES string of the molecule is CC(C)(O)CNC(=O)c1nc(CC2CCCCC2)c(-c2ccc(S(=O)NC(C)(C)C)c3c(F)cccc23)s1. The van der Waals surface area contributed by atoms with Crippen molar-refractivity contribution in [3.8, 4) is 10.4 Å². The minimum Gasteiger partial charge on any atom is -0.389 e. The lowest BCUT2D eigenvalue weighted by molar-refractivity contribution is 0.0694. The van der Waals surface area contributed by atoms with E-state index in [2.05, 4.69) is 10.0 Å². The minimum atomic E-state index is -1.62. The van der Waals surface area contributed by atoms with E-state index >= 15 is 4.39 Å². The molecule has 206 valence electrons. The molecule has 1 aromatic heterocycles. The summed E-state index contributed by atoms with van der Waals surface area (Å²) < 4.78 is 31.5. The first-order chi connectivity index (χ1) is 17.8. The predicted molar refractivity (Wildman–Crippen MR) is 153 cm³/mol. The van der Waals surface area contributed by atoms with Crippen LogP contribution in [-0.2, 0) is 17.4 Å². The highest BCUT2D eigenvalue weighted by atomic mass is 32.2. The Balaban J connectivity index is 1.81. The van der Waals surface area contributed by atoms with E-state index in [9.17, 15) is 14.1 Å². The zero-order chi connectivity index (χ0) is 27.7. The molecule has 0 aliphatic heterocycles. The number of fused-ring (bicyclic) bond motifs is 1. The molecular formula is C29H38FN3O3S2. The molecule has 9 heteroatoms. The number of halogens is 1. The summed E-state index contributed by atoms with van der Waals surface area (Å²) in [4.78, 5) is 19.0. The van der Waals surface area contributed by atoms with E-state index in [0.29, 0.717) is 26.6 Å². The monoisotopic (exact) mass is 559 g/mol. The van der Waals surface area contributed by atoms with Gasteiger partial charge in [0.05, 0.1) is 21.1 Å². The second-order valence-corrected chi connectivity index (χ2v) is 14.1. The van der Waals surface area contributed by atoms with Crippen molar-refractivity contribution in [3.63, 3.8) is 0 Å². The Morgan fingerprint density at radius 3 is 2.50 bits per heavy atom. The lowest BCUT2D eigenvalue weighted by atomic mass is 9.85. The Labute approximate surface area is 231 Å². The number of hydrogen-bond acceptors (Lipinski definition) is 5. The molecule has 0 radical (unpaired) electrons. The molecule has 6 nitrogen and oxygen atoms in total. The highest BCUT2D eigenvalue weighted by Gasteiger charge is 2.26. The molecule has 0 bridgehead atoms. The van der Waals surface area contributed by atoms with Crippen LogP contribution < -0.4 is 10.0 Å². The maximum Gasteiger partial charge on any atom is 0.280 e. The first-order valence-corrected chi connectivity index (χ1v) is 15.2. The van der Waals surface area contributed by atoms with Crippen LogP contribution in [0.2, 0.25) is 0 Å². The van der Waals surface area contributed by atoms with Gasteiger partial charge in [-0.25, -0.2) is 18.3 Å². The molecule has 1 aliphatic rings. The second-order valence-electron chi connectivity index (χ2n) is 11.9. The summed E-state index contributed by atoms with van der Waals surface area (Å²) in [6.07, 6.45) is 6.64. The Bertz CT molecular complexity index is 1340. The quantitative estimate of drug-likeness (QED) is 0.309. The molecule has 3 aromatic rings. The molecular weight excluding hydrogens is 521 g/mol. The predicted octanol–water partition coefficient (Wildman–Crippen LogP) is 6.14. The van der Waals surface area contributed by atoms with Crippen LogP contribution in [0.4, 0.5) is 4.39 Å². The van der Waals surface area contributed by atoms with Crippen LogP contribution in [0.25, 0.3) is 21.2 Å². The number of amides is 1. The van der Waals surface area contributed by atoms with E-state index in [-0.39, 0.29) is 12.5 Å². The number of benzene rings is 2. The zero-order valence-corrected chi connectivity index (χ0v) is 24.5. The largest absolute Gasteiger partial charge is 0.389 e. The van der Waals surface area contributed by atoms with E-state index in [1.54, 1.807) is 26.0 Å². The van der Waals surface area contributed by atoms with E-state index in [4.69, 9.17) is 4.98 Å². The summed E-state index contributed by atoms with van der Waals surface area (Å²) >= 11 is 1.29. The van der Waals surface area contributed by atoms with Crippen molar-refractivity contribution < 1.29 is 18.5 Å². The maximum atomic E-state index is 15.3. The number of nitrogens with one attached hydrogen (secondary N) is 2. The summed E-state index contributed by atoms with van der Waals surface area (Å²) in [6, 6.07) is 8.46. The van der Waals surface area contributed by atoms with Crippen LogP contribution in [0.1, 0.15) is 82.2 Å². The molecule has 3 N–H and O–H groups in total. The third-order valence-electron chi connectivity index (χ3n) is 6.57. The van der Waals surface area contributed by atoms with E-state index < -0.39 is 27.9 Å². The Morgan fingerprint density at radius 1 is 1.13 bits per heavy atom. The van der Waals surface area contributed by atoms with E-state index in [0.717, 1.165) is 35.4 Å². The number of carbonyl (C=O) groups excluding carboxylic acids is 1. The lowest BCUT2D eigenvalue weighted by Gasteiger charge is -2.22. The zero-order valence-electron chi connectivity index (χ0n) is 22.8. The van der Waals surface area contributed by atoms with Gasteiger partial charge in [0.1, 0.15) is 16.8 Å². The fourth-order valence-electron chi connectivity index (χ4n) is 4.85. The number of aliphatic hydroxyl groups is 1. The molecule has 38 heavy (non-hydrogen) atoms. The summed E-state index contributed by atoms with van der Waals surface area (Å²) in [5, 5.41) is 14.1. The smallest absolute Gasteiger partial charge is 0.280 e. The molecule has 1 aliphatic carbocycles. The molecule has 2 aromatic carbocycles. The number of carbonyl (C=O) groups is 1. The molecule has 1 heterocycles. The molecule has 1 unspecified atom stereocenters. The number of hydrogen-bond donors (Lipinski definition) is 3. The van der Waals surface area contributed by atoms with Gasteiger partial charge in [0, 0.05) is 23.0 Å². The molecule has 1 atom stereocenters. The number of nitrogens with zero attached hydrogens (tertiary/aromatic N) is 1. The fourth-order valence-corrected chi connectivity index (χ4v) is 7.15. The Kier molecular flexibility index (Phi) is 8.71. The number of thiazole rings is 1. The highest BCUT2D eigenvalue weighted by molar-refractivity contribution is 7.83.